The molecular formula is C15H17N3O3. The third-order valence-corrected chi connectivity index (χ3v) is 4.05. The fourth-order valence-corrected chi connectivity index (χ4v) is 2.75. The molecule has 2 heterocycles. The second-order valence-electron chi connectivity index (χ2n) is 5.53. The molecule has 0 aliphatic carbocycles. The third kappa shape index (κ3) is 2.42. The van der Waals surface area contributed by atoms with Gasteiger partial charge >= 0.3 is 0 Å². The Labute approximate surface area is 121 Å². The molecule has 1 aromatic heterocycles. The SMILES string of the molecule is CC1CN(C(=O)c2n[nH]c(=O)c3ccccc23)CCC1O. The number of rotatable bonds is 1. The van der Waals surface area contributed by atoms with Crippen LogP contribution in [0.15, 0.2) is 29.1 Å². The predicted octanol–water partition coefficient (Wildman–Crippen LogP) is 0.766. The van der Waals surface area contributed by atoms with E-state index in [1.54, 1.807) is 29.2 Å². The minimum Gasteiger partial charge on any atom is -0.393 e. The summed E-state index contributed by atoms with van der Waals surface area (Å²) in [5.41, 5.74) is -0.0432. The van der Waals surface area contributed by atoms with Crippen LogP contribution in [-0.2, 0) is 0 Å². The number of aliphatic hydroxyl groups excluding tert-OH is 1. The Balaban J connectivity index is 1.99. The van der Waals surface area contributed by atoms with Crippen LogP contribution in [0.5, 0.6) is 0 Å². The van der Waals surface area contributed by atoms with E-state index in [-0.39, 0.29) is 29.2 Å². The van der Waals surface area contributed by atoms with Gasteiger partial charge in [0.2, 0.25) is 0 Å². The van der Waals surface area contributed by atoms with Crippen molar-refractivity contribution in [1.82, 2.24) is 15.1 Å². The van der Waals surface area contributed by atoms with E-state index >= 15 is 0 Å². The zero-order valence-corrected chi connectivity index (χ0v) is 11.7. The molecule has 1 saturated heterocycles. The summed E-state index contributed by atoms with van der Waals surface area (Å²) in [5.74, 6) is -0.169. The van der Waals surface area contributed by atoms with Gasteiger partial charge in [-0.1, -0.05) is 25.1 Å². The molecule has 6 nitrogen and oxygen atoms in total. The molecule has 2 atom stereocenters. The number of piperidine rings is 1. The molecule has 6 heteroatoms. The Hall–Kier alpha value is -2.21. The molecule has 0 bridgehead atoms. The van der Waals surface area contributed by atoms with Gasteiger partial charge in [0.1, 0.15) is 0 Å². The van der Waals surface area contributed by atoms with Crippen molar-refractivity contribution in [3.05, 3.63) is 40.3 Å². The Kier molecular flexibility index (Phi) is 3.47. The molecule has 1 aliphatic heterocycles. The fraction of sp³-hybridized carbons (Fsp3) is 0.400. The summed E-state index contributed by atoms with van der Waals surface area (Å²) >= 11 is 0. The van der Waals surface area contributed by atoms with Gasteiger partial charge in [-0.2, -0.15) is 5.10 Å². The number of benzene rings is 1. The summed E-state index contributed by atoms with van der Waals surface area (Å²) in [6, 6.07) is 6.94. The number of aromatic amines is 1. The quantitative estimate of drug-likeness (QED) is 0.811. The van der Waals surface area contributed by atoms with Gasteiger partial charge in [-0.05, 0) is 18.4 Å². The van der Waals surface area contributed by atoms with E-state index in [0.717, 1.165) is 0 Å². The number of nitrogens with zero attached hydrogens (tertiary/aromatic N) is 2. The Morgan fingerprint density at radius 2 is 2.10 bits per heavy atom. The molecule has 0 radical (unpaired) electrons. The first-order valence-electron chi connectivity index (χ1n) is 7.02. The lowest BCUT2D eigenvalue weighted by molar-refractivity contribution is 0.0295. The Morgan fingerprint density at radius 3 is 2.81 bits per heavy atom. The van der Waals surface area contributed by atoms with Gasteiger partial charge in [0.25, 0.3) is 11.5 Å². The molecule has 21 heavy (non-hydrogen) atoms. The number of aromatic nitrogens is 2. The lowest BCUT2D eigenvalue weighted by atomic mass is 9.96. The van der Waals surface area contributed by atoms with E-state index in [0.29, 0.717) is 30.3 Å². The molecule has 3 rings (SSSR count). The minimum absolute atomic E-state index is 0.0386. The molecule has 1 aliphatic rings. The molecule has 1 amide bonds. The van der Waals surface area contributed by atoms with Crippen molar-refractivity contribution in [3.63, 3.8) is 0 Å². The number of aliphatic hydroxyl groups is 1. The zero-order valence-electron chi connectivity index (χ0n) is 11.7. The largest absolute Gasteiger partial charge is 0.393 e. The van der Waals surface area contributed by atoms with Crippen molar-refractivity contribution >= 4 is 16.7 Å². The normalized spacial score (nSPS) is 22.5. The second-order valence-corrected chi connectivity index (χ2v) is 5.53. The van der Waals surface area contributed by atoms with E-state index in [9.17, 15) is 14.7 Å². The number of carbonyl (C=O) groups excluding carboxylic acids is 1. The second kappa shape index (κ2) is 5.29. The van der Waals surface area contributed by atoms with Crippen LogP contribution in [-0.4, -0.2) is 45.3 Å². The first-order valence-corrected chi connectivity index (χ1v) is 7.02. The van der Waals surface area contributed by atoms with Gasteiger partial charge in [-0.15, -0.1) is 0 Å². The zero-order chi connectivity index (χ0) is 15.0. The minimum atomic E-state index is -0.366. The van der Waals surface area contributed by atoms with E-state index in [1.807, 2.05) is 6.92 Å². The summed E-state index contributed by atoms with van der Waals surface area (Å²) in [7, 11) is 0. The molecule has 1 fully saturated rings. The van der Waals surface area contributed by atoms with Crippen LogP contribution in [0.25, 0.3) is 10.8 Å². The molecule has 1 aromatic carbocycles. The fourth-order valence-electron chi connectivity index (χ4n) is 2.75. The maximum Gasteiger partial charge on any atom is 0.274 e. The number of nitrogens with one attached hydrogen (secondary N) is 1. The van der Waals surface area contributed by atoms with Crippen LogP contribution >= 0.6 is 0 Å². The van der Waals surface area contributed by atoms with Gasteiger partial charge in [-0.25, -0.2) is 5.10 Å². The topological polar surface area (TPSA) is 86.3 Å². The molecule has 0 spiro atoms. The van der Waals surface area contributed by atoms with Gasteiger partial charge in [0.15, 0.2) is 5.69 Å². The van der Waals surface area contributed by atoms with Gasteiger partial charge in [0, 0.05) is 18.5 Å². The summed E-state index contributed by atoms with van der Waals surface area (Å²) in [5, 5.41) is 17.1. The predicted molar refractivity (Wildman–Crippen MR) is 78.1 cm³/mol. The lowest BCUT2D eigenvalue weighted by Gasteiger charge is -2.34. The van der Waals surface area contributed by atoms with E-state index in [4.69, 9.17) is 0 Å². The average Bonchev–Trinajstić information content (AvgIpc) is 2.50. The maximum atomic E-state index is 12.6. The Morgan fingerprint density at radius 1 is 1.38 bits per heavy atom. The highest BCUT2D eigenvalue weighted by atomic mass is 16.3. The molecule has 2 aromatic rings. The highest BCUT2D eigenvalue weighted by Crippen LogP contribution is 2.20. The number of likely N-dealkylation sites (tertiary alicyclic amines) is 1. The van der Waals surface area contributed by atoms with Crippen molar-refractivity contribution in [2.45, 2.75) is 19.4 Å². The van der Waals surface area contributed by atoms with Crippen LogP contribution in [0, 0.1) is 5.92 Å². The Bertz CT molecular complexity index is 740. The first-order chi connectivity index (χ1) is 10.1. The van der Waals surface area contributed by atoms with Crippen LogP contribution in [0.3, 0.4) is 0 Å². The standard InChI is InChI=1S/C15H17N3O3/c1-9-8-18(7-6-12(9)19)15(21)13-10-4-2-3-5-11(10)14(20)17-16-13/h2-5,9,12,19H,6-8H2,1H3,(H,17,20). The molecular weight excluding hydrogens is 270 g/mol. The van der Waals surface area contributed by atoms with E-state index in [2.05, 4.69) is 10.2 Å². The molecule has 2 unspecified atom stereocenters. The van der Waals surface area contributed by atoms with Crippen molar-refractivity contribution in [2.24, 2.45) is 5.92 Å². The van der Waals surface area contributed by atoms with Crippen molar-refractivity contribution in [2.75, 3.05) is 13.1 Å². The third-order valence-electron chi connectivity index (χ3n) is 4.05. The lowest BCUT2D eigenvalue weighted by Crippen LogP contribution is -2.45. The van der Waals surface area contributed by atoms with Crippen LogP contribution in [0.2, 0.25) is 0 Å². The van der Waals surface area contributed by atoms with Crippen LogP contribution in [0.1, 0.15) is 23.8 Å². The number of fused-ring (bicyclic) bond motifs is 1. The number of hydrogen-bond acceptors (Lipinski definition) is 4. The van der Waals surface area contributed by atoms with Crippen LogP contribution in [0.4, 0.5) is 0 Å². The number of carbonyl (C=O) groups is 1. The molecule has 2 N–H and O–H groups in total. The van der Waals surface area contributed by atoms with Gasteiger partial charge < -0.3 is 10.0 Å². The smallest absolute Gasteiger partial charge is 0.274 e. The number of amides is 1. The number of H-pyrrole nitrogens is 1. The highest BCUT2D eigenvalue weighted by molar-refractivity contribution is 6.04. The summed E-state index contributed by atoms with van der Waals surface area (Å²) in [6.07, 6.45) is 0.197. The van der Waals surface area contributed by atoms with Crippen LogP contribution < -0.4 is 5.56 Å². The van der Waals surface area contributed by atoms with Crippen molar-refractivity contribution < 1.29 is 9.90 Å². The van der Waals surface area contributed by atoms with Crippen molar-refractivity contribution in [1.29, 1.82) is 0 Å². The summed E-state index contributed by atoms with van der Waals surface area (Å²) in [6.45, 7) is 2.91. The summed E-state index contributed by atoms with van der Waals surface area (Å²) < 4.78 is 0. The molecule has 110 valence electrons. The van der Waals surface area contributed by atoms with E-state index in [1.165, 1.54) is 0 Å². The number of hydrogen-bond donors (Lipinski definition) is 2. The average molecular weight is 287 g/mol. The van der Waals surface area contributed by atoms with Crippen molar-refractivity contribution in [3.8, 4) is 0 Å². The first kappa shape index (κ1) is 13.8. The maximum absolute atomic E-state index is 12.6. The van der Waals surface area contributed by atoms with E-state index < -0.39 is 0 Å². The monoisotopic (exact) mass is 287 g/mol. The van der Waals surface area contributed by atoms with Gasteiger partial charge in [0.05, 0.1) is 11.5 Å². The van der Waals surface area contributed by atoms with Gasteiger partial charge in [-0.3, -0.25) is 9.59 Å². The highest BCUT2D eigenvalue weighted by Gasteiger charge is 2.29. The molecule has 0 saturated carbocycles. The summed E-state index contributed by atoms with van der Waals surface area (Å²) in [4.78, 5) is 26.1.